The summed E-state index contributed by atoms with van der Waals surface area (Å²) in [5, 5.41) is 1.10. The summed E-state index contributed by atoms with van der Waals surface area (Å²) < 4.78 is 5.66. The Balaban J connectivity index is 2.01. The standard InChI is InChI=1S/C34H42N2O2/c1-7-12-28(34(37)38-10-4)33(30-20-36-31-21-35-18-17-27(30)31)25-15-16-26(22(5)6)29(19-25)32-23(8-2)13-11-14-24(32)9-3/h11,13-22,28,33,36H,7-10,12H2,1-6H3. The number of pyridine rings is 1. The van der Waals surface area contributed by atoms with Crippen LogP contribution in [0.2, 0.25) is 0 Å². The predicted molar refractivity (Wildman–Crippen MR) is 158 cm³/mol. The first-order valence-electron chi connectivity index (χ1n) is 14.3. The van der Waals surface area contributed by atoms with Gasteiger partial charge in [0.2, 0.25) is 0 Å². The first kappa shape index (κ1) is 27.6. The number of carbonyl (C=O) groups is 1. The van der Waals surface area contributed by atoms with Crippen LogP contribution < -0.4 is 0 Å². The number of esters is 1. The highest BCUT2D eigenvalue weighted by atomic mass is 16.5. The summed E-state index contributed by atoms with van der Waals surface area (Å²) in [4.78, 5) is 21.2. The van der Waals surface area contributed by atoms with E-state index in [-0.39, 0.29) is 17.8 Å². The molecule has 0 aliphatic carbocycles. The quantitative estimate of drug-likeness (QED) is 0.206. The van der Waals surface area contributed by atoms with Crippen LogP contribution in [0.15, 0.2) is 61.1 Å². The second-order valence-electron chi connectivity index (χ2n) is 10.4. The van der Waals surface area contributed by atoms with Crippen LogP contribution in [0, 0.1) is 5.92 Å². The molecule has 0 fully saturated rings. The van der Waals surface area contributed by atoms with Crippen LogP contribution in [-0.4, -0.2) is 22.5 Å². The van der Waals surface area contributed by atoms with Gasteiger partial charge in [0, 0.05) is 23.7 Å². The maximum absolute atomic E-state index is 13.5. The van der Waals surface area contributed by atoms with Gasteiger partial charge < -0.3 is 9.72 Å². The summed E-state index contributed by atoms with van der Waals surface area (Å²) in [7, 11) is 0. The van der Waals surface area contributed by atoms with Crippen LogP contribution in [0.5, 0.6) is 0 Å². The van der Waals surface area contributed by atoms with E-state index in [9.17, 15) is 4.79 Å². The number of rotatable bonds is 11. The van der Waals surface area contributed by atoms with E-state index in [1.807, 2.05) is 25.4 Å². The van der Waals surface area contributed by atoms with Gasteiger partial charge in [0.1, 0.15) is 0 Å². The van der Waals surface area contributed by atoms with Gasteiger partial charge in [-0.25, -0.2) is 0 Å². The minimum Gasteiger partial charge on any atom is -0.466 e. The van der Waals surface area contributed by atoms with Crippen molar-refractivity contribution in [2.24, 2.45) is 5.92 Å². The van der Waals surface area contributed by atoms with Gasteiger partial charge >= 0.3 is 5.97 Å². The van der Waals surface area contributed by atoms with Crippen molar-refractivity contribution in [3.63, 3.8) is 0 Å². The van der Waals surface area contributed by atoms with E-state index in [0.29, 0.717) is 12.5 Å². The number of ether oxygens (including phenoxy) is 1. The molecule has 4 rings (SSSR count). The number of hydrogen-bond acceptors (Lipinski definition) is 3. The third kappa shape index (κ3) is 5.41. The lowest BCUT2D eigenvalue weighted by Gasteiger charge is -2.28. The second kappa shape index (κ2) is 12.4. The fourth-order valence-electron chi connectivity index (χ4n) is 5.94. The van der Waals surface area contributed by atoms with Crippen molar-refractivity contribution in [3.8, 4) is 11.1 Å². The number of H-pyrrole nitrogens is 1. The molecule has 0 amide bonds. The molecule has 4 aromatic rings. The number of benzene rings is 2. The van der Waals surface area contributed by atoms with E-state index >= 15 is 0 Å². The summed E-state index contributed by atoms with van der Waals surface area (Å²) in [6, 6.07) is 15.6. The Morgan fingerprint density at radius 1 is 0.974 bits per heavy atom. The molecule has 2 aromatic carbocycles. The first-order valence-corrected chi connectivity index (χ1v) is 14.3. The lowest BCUT2D eigenvalue weighted by molar-refractivity contribution is -0.148. The van der Waals surface area contributed by atoms with Crippen molar-refractivity contribution in [3.05, 3.63) is 88.9 Å². The number of aromatic amines is 1. The molecule has 2 atom stereocenters. The third-order valence-corrected chi connectivity index (χ3v) is 7.77. The molecular weight excluding hydrogens is 468 g/mol. The highest BCUT2D eigenvalue weighted by Crippen LogP contribution is 2.43. The van der Waals surface area contributed by atoms with Gasteiger partial charge in [-0.2, -0.15) is 0 Å². The summed E-state index contributed by atoms with van der Waals surface area (Å²) in [5.41, 5.74) is 9.98. The van der Waals surface area contributed by atoms with E-state index in [0.717, 1.165) is 47.7 Å². The lowest BCUT2D eigenvalue weighted by Crippen LogP contribution is -2.25. The van der Waals surface area contributed by atoms with E-state index in [4.69, 9.17) is 4.74 Å². The fourth-order valence-corrected chi connectivity index (χ4v) is 5.94. The van der Waals surface area contributed by atoms with Gasteiger partial charge in [0.15, 0.2) is 0 Å². The monoisotopic (exact) mass is 510 g/mol. The van der Waals surface area contributed by atoms with E-state index in [2.05, 4.69) is 87.2 Å². The third-order valence-electron chi connectivity index (χ3n) is 7.77. The molecule has 4 nitrogen and oxygen atoms in total. The molecule has 0 aliphatic heterocycles. The van der Waals surface area contributed by atoms with E-state index in [1.54, 1.807) is 0 Å². The van der Waals surface area contributed by atoms with Crippen molar-refractivity contribution in [2.75, 3.05) is 6.61 Å². The average Bonchev–Trinajstić information content (AvgIpc) is 3.36. The molecule has 4 heteroatoms. The molecule has 1 N–H and O–H groups in total. The summed E-state index contributed by atoms with van der Waals surface area (Å²) in [6.07, 6.45) is 9.36. The Bertz CT molecular complexity index is 1360. The molecule has 0 aliphatic rings. The molecule has 2 heterocycles. The maximum Gasteiger partial charge on any atom is 0.309 e. The number of fused-ring (bicyclic) bond motifs is 1. The van der Waals surface area contributed by atoms with Gasteiger partial charge in [-0.05, 0) is 77.1 Å². The van der Waals surface area contributed by atoms with Crippen molar-refractivity contribution in [1.29, 1.82) is 0 Å². The Morgan fingerprint density at radius 3 is 2.34 bits per heavy atom. The largest absolute Gasteiger partial charge is 0.466 e. The average molecular weight is 511 g/mol. The predicted octanol–water partition coefficient (Wildman–Crippen LogP) is 8.59. The molecule has 38 heavy (non-hydrogen) atoms. The normalized spacial score (nSPS) is 13.1. The molecule has 2 unspecified atom stereocenters. The number of hydrogen-bond donors (Lipinski definition) is 1. The van der Waals surface area contributed by atoms with Gasteiger partial charge in [-0.1, -0.05) is 77.4 Å². The highest BCUT2D eigenvalue weighted by molar-refractivity contribution is 5.85. The van der Waals surface area contributed by atoms with E-state index in [1.165, 1.54) is 27.8 Å². The summed E-state index contributed by atoms with van der Waals surface area (Å²) in [6.45, 7) is 13.4. The van der Waals surface area contributed by atoms with Crippen molar-refractivity contribution in [1.82, 2.24) is 9.97 Å². The van der Waals surface area contributed by atoms with Crippen LogP contribution in [-0.2, 0) is 22.4 Å². The molecular formula is C34H42N2O2. The van der Waals surface area contributed by atoms with Gasteiger partial charge in [0.25, 0.3) is 0 Å². The van der Waals surface area contributed by atoms with Crippen LogP contribution in [0.25, 0.3) is 22.0 Å². The maximum atomic E-state index is 13.5. The smallest absolute Gasteiger partial charge is 0.309 e. The van der Waals surface area contributed by atoms with Crippen molar-refractivity contribution < 1.29 is 9.53 Å². The van der Waals surface area contributed by atoms with E-state index < -0.39 is 0 Å². The Morgan fingerprint density at radius 2 is 1.71 bits per heavy atom. The molecule has 200 valence electrons. The number of nitrogens with zero attached hydrogens (tertiary/aromatic N) is 1. The Hall–Kier alpha value is -3.40. The Labute approximate surface area is 227 Å². The van der Waals surface area contributed by atoms with Gasteiger partial charge in [-0.15, -0.1) is 0 Å². The van der Waals surface area contributed by atoms with Crippen LogP contribution in [0.4, 0.5) is 0 Å². The molecule has 0 saturated carbocycles. The fraction of sp³-hybridized carbons (Fsp3) is 0.412. The van der Waals surface area contributed by atoms with Crippen LogP contribution in [0.1, 0.15) is 94.0 Å². The van der Waals surface area contributed by atoms with Crippen molar-refractivity contribution in [2.45, 2.75) is 79.1 Å². The van der Waals surface area contributed by atoms with Gasteiger partial charge in [0.05, 0.1) is 24.2 Å². The number of aryl methyl sites for hydroxylation is 2. The SMILES string of the molecule is CCCC(C(=O)OCC)C(c1ccc(C(C)C)c(-c2c(CC)cccc2CC)c1)c1c[nH]c2cnccc12. The Kier molecular flexibility index (Phi) is 9.04. The van der Waals surface area contributed by atoms with Crippen LogP contribution in [0.3, 0.4) is 0 Å². The zero-order chi connectivity index (χ0) is 27.2. The topological polar surface area (TPSA) is 55.0 Å². The second-order valence-corrected chi connectivity index (χ2v) is 10.4. The minimum absolute atomic E-state index is 0.125. The summed E-state index contributed by atoms with van der Waals surface area (Å²) >= 11 is 0. The van der Waals surface area contributed by atoms with Gasteiger partial charge in [-0.3, -0.25) is 9.78 Å². The molecule has 0 saturated heterocycles. The summed E-state index contributed by atoms with van der Waals surface area (Å²) in [5.74, 6) is -0.163. The molecule has 2 aromatic heterocycles. The number of carbonyl (C=O) groups excluding carboxylic acids is 1. The zero-order valence-corrected chi connectivity index (χ0v) is 23.8. The van der Waals surface area contributed by atoms with Crippen molar-refractivity contribution >= 4 is 16.9 Å². The molecule has 0 spiro atoms. The zero-order valence-electron chi connectivity index (χ0n) is 23.8. The number of aromatic nitrogens is 2. The van der Waals surface area contributed by atoms with Crippen LogP contribution >= 0.6 is 0 Å². The minimum atomic E-state index is -0.281. The molecule has 0 radical (unpaired) electrons. The highest BCUT2D eigenvalue weighted by Gasteiger charge is 2.34. The number of nitrogens with one attached hydrogen (secondary N) is 1. The first-order chi connectivity index (χ1) is 18.4. The lowest BCUT2D eigenvalue weighted by atomic mass is 9.76. The molecule has 0 bridgehead atoms.